The van der Waals surface area contributed by atoms with Crippen LogP contribution in [0.25, 0.3) is 0 Å². The molecule has 0 aliphatic rings. The van der Waals surface area contributed by atoms with Gasteiger partial charge in [0.2, 0.25) is 11.8 Å². The second kappa shape index (κ2) is 12.2. The normalized spacial score (nSPS) is 11.1. The van der Waals surface area contributed by atoms with Crippen molar-refractivity contribution < 1.29 is 27.5 Å². The van der Waals surface area contributed by atoms with Crippen LogP contribution in [-0.4, -0.2) is 38.9 Å². The second-order valence-electron chi connectivity index (χ2n) is 7.40. The van der Waals surface area contributed by atoms with E-state index in [2.05, 4.69) is 27.4 Å². The number of thioether (sulfide) groups is 1. The number of amides is 2. The van der Waals surface area contributed by atoms with Crippen LogP contribution in [0.15, 0.2) is 66.3 Å². The van der Waals surface area contributed by atoms with E-state index in [0.717, 1.165) is 23.9 Å². The van der Waals surface area contributed by atoms with Crippen molar-refractivity contribution in [3.8, 4) is 5.75 Å². The molecule has 190 valence electrons. The largest absolute Gasteiger partial charge is 0.494 e. The zero-order valence-electron chi connectivity index (χ0n) is 19.3. The van der Waals surface area contributed by atoms with Gasteiger partial charge in [-0.1, -0.05) is 23.9 Å². The molecule has 2 aromatic carbocycles. The van der Waals surface area contributed by atoms with Crippen molar-refractivity contribution in [1.29, 1.82) is 0 Å². The van der Waals surface area contributed by atoms with E-state index in [0.29, 0.717) is 35.6 Å². The lowest BCUT2D eigenvalue weighted by molar-refractivity contribution is -0.137. The van der Waals surface area contributed by atoms with Crippen LogP contribution in [0.4, 0.5) is 24.5 Å². The van der Waals surface area contributed by atoms with Crippen molar-refractivity contribution in [2.75, 3.05) is 23.0 Å². The minimum atomic E-state index is -4.51. The average Bonchev–Trinajstić information content (AvgIpc) is 3.20. The van der Waals surface area contributed by atoms with E-state index in [1.165, 1.54) is 12.1 Å². The molecule has 0 aliphatic carbocycles. The third-order valence-electron chi connectivity index (χ3n) is 4.68. The molecule has 0 bridgehead atoms. The van der Waals surface area contributed by atoms with Gasteiger partial charge in [0.1, 0.15) is 11.6 Å². The molecule has 36 heavy (non-hydrogen) atoms. The van der Waals surface area contributed by atoms with Gasteiger partial charge in [0.05, 0.1) is 24.3 Å². The number of hydrogen-bond donors (Lipinski definition) is 2. The highest BCUT2D eigenvalue weighted by Crippen LogP contribution is 2.30. The summed E-state index contributed by atoms with van der Waals surface area (Å²) in [5.41, 5.74) is -0.222. The molecule has 3 rings (SSSR count). The summed E-state index contributed by atoms with van der Waals surface area (Å²) in [4.78, 5) is 24.8. The average molecular weight is 520 g/mol. The van der Waals surface area contributed by atoms with Crippen molar-refractivity contribution in [3.63, 3.8) is 0 Å². The Kier molecular flexibility index (Phi) is 9.12. The summed E-state index contributed by atoms with van der Waals surface area (Å²) in [5, 5.41) is 13.7. The molecule has 0 saturated heterocycles. The highest BCUT2D eigenvalue weighted by molar-refractivity contribution is 7.99. The van der Waals surface area contributed by atoms with Gasteiger partial charge in [-0.05, 0) is 49.4 Å². The first-order chi connectivity index (χ1) is 17.2. The van der Waals surface area contributed by atoms with Crippen LogP contribution in [-0.2, 0) is 28.7 Å². The van der Waals surface area contributed by atoms with Gasteiger partial charge in [0, 0.05) is 17.9 Å². The SMILES string of the molecule is C=CCn1c(CC(=O)Nc2ccc(OCC)cc2)nnc1SCC(=O)Nc1cccc(C(F)(F)F)c1. The topological polar surface area (TPSA) is 98.1 Å². The van der Waals surface area contributed by atoms with Crippen molar-refractivity contribution >= 4 is 35.0 Å². The number of nitrogens with one attached hydrogen (secondary N) is 2. The Bertz CT molecular complexity index is 1210. The molecule has 0 atom stereocenters. The van der Waals surface area contributed by atoms with E-state index in [1.807, 2.05) is 6.92 Å². The number of aromatic nitrogens is 3. The number of alkyl halides is 3. The third kappa shape index (κ3) is 7.60. The summed E-state index contributed by atoms with van der Waals surface area (Å²) in [6.07, 6.45) is -2.97. The fourth-order valence-corrected chi connectivity index (χ4v) is 3.89. The number of carbonyl (C=O) groups excluding carboxylic acids is 2. The number of halogens is 3. The number of rotatable bonds is 11. The number of allylic oxidation sites excluding steroid dienone is 1. The molecule has 8 nitrogen and oxygen atoms in total. The molecule has 0 unspecified atom stereocenters. The lowest BCUT2D eigenvalue weighted by Gasteiger charge is -2.10. The van der Waals surface area contributed by atoms with Crippen LogP contribution < -0.4 is 15.4 Å². The first-order valence-corrected chi connectivity index (χ1v) is 11.8. The van der Waals surface area contributed by atoms with Gasteiger partial charge in [-0.2, -0.15) is 13.2 Å². The molecular formula is C24H24F3N5O3S. The smallest absolute Gasteiger partial charge is 0.416 e. The Morgan fingerprint density at radius 1 is 1.08 bits per heavy atom. The number of carbonyl (C=O) groups is 2. The maximum Gasteiger partial charge on any atom is 0.416 e. The van der Waals surface area contributed by atoms with Crippen LogP contribution in [0.5, 0.6) is 5.75 Å². The first-order valence-electron chi connectivity index (χ1n) is 10.8. The summed E-state index contributed by atoms with van der Waals surface area (Å²) in [6, 6.07) is 11.3. The van der Waals surface area contributed by atoms with E-state index >= 15 is 0 Å². The van der Waals surface area contributed by atoms with Crippen molar-refractivity contribution in [3.05, 3.63) is 72.6 Å². The molecular weight excluding hydrogens is 495 g/mol. The summed E-state index contributed by atoms with van der Waals surface area (Å²) in [5.74, 6) is 0.126. The first kappa shape index (κ1) is 26.8. The second-order valence-corrected chi connectivity index (χ2v) is 8.34. The molecule has 0 saturated carbocycles. The molecule has 1 aromatic heterocycles. The summed E-state index contributed by atoms with van der Waals surface area (Å²) >= 11 is 1.04. The van der Waals surface area contributed by atoms with Crippen molar-refractivity contribution in [2.24, 2.45) is 0 Å². The fourth-order valence-electron chi connectivity index (χ4n) is 3.12. The molecule has 0 fully saturated rings. The van der Waals surface area contributed by atoms with Gasteiger partial charge in [-0.3, -0.25) is 9.59 Å². The lowest BCUT2D eigenvalue weighted by Crippen LogP contribution is -2.18. The molecule has 1 heterocycles. The van der Waals surface area contributed by atoms with Gasteiger partial charge < -0.3 is 19.9 Å². The van der Waals surface area contributed by atoms with E-state index in [1.54, 1.807) is 34.9 Å². The number of ether oxygens (including phenoxy) is 1. The standard InChI is InChI=1S/C24H24F3N5O3S/c1-3-12-32-20(14-21(33)28-17-8-10-19(11-9-17)35-4-2)30-31-23(32)36-15-22(34)29-18-7-5-6-16(13-18)24(25,26)27/h3,5-11,13H,1,4,12,14-15H2,2H3,(H,28,33)(H,29,34). The maximum absolute atomic E-state index is 12.9. The van der Waals surface area contributed by atoms with Crippen LogP contribution in [0.2, 0.25) is 0 Å². The zero-order valence-corrected chi connectivity index (χ0v) is 20.2. The van der Waals surface area contributed by atoms with Crippen LogP contribution in [0.3, 0.4) is 0 Å². The summed E-state index contributed by atoms with van der Waals surface area (Å²) in [6.45, 7) is 6.42. The highest BCUT2D eigenvalue weighted by atomic mass is 32.2. The van der Waals surface area contributed by atoms with Crippen LogP contribution in [0, 0.1) is 0 Å². The number of anilines is 2. The minimum Gasteiger partial charge on any atom is -0.494 e. The monoisotopic (exact) mass is 519 g/mol. The molecule has 12 heteroatoms. The van der Waals surface area contributed by atoms with Gasteiger partial charge >= 0.3 is 6.18 Å². The van der Waals surface area contributed by atoms with Crippen molar-refractivity contribution in [1.82, 2.24) is 14.8 Å². The number of benzene rings is 2. The summed E-state index contributed by atoms with van der Waals surface area (Å²) in [7, 11) is 0. The number of hydrogen-bond acceptors (Lipinski definition) is 6. The van der Waals surface area contributed by atoms with Gasteiger partial charge in [0.15, 0.2) is 5.16 Å². The lowest BCUT2D eigenvalue weighted by atomic mass is 10.2. The van der Waals surface area contributed by atoms with Crippen LogP contribution >= 0.6 is 11.8 Å². The molecule has 3 aromatic rings. The van der Waals surface area contributed by atoms with E-state index in [9.17, 15) is 22.8 Å². The van der Waals surface area contributed by atoms with Gasteiger partial charge in [0.25, 0.3) is 0 Å². The Morgan fingerprint density at radius 3 is 2.47 bits per heavy atom. The van der Waals surface area contributed by atoms with Gasteiger partial charge in [-0.25, -0.2) is 0 Å². The predicted octanol–water partition coefficient (Wildman–Crippen LogP) is 4.79. The minimum absolute atomic E-state index is 0.0367. The fraction of sp³-hybridized carbons (Fsp3) is 0.250. The van der Waals surface area contributed by atoms with E-state index in [4.69, 9.17) is 4.74 Å². The predicted molar refractivity (Wildman–Crippen MR) is 131 cm³/mol. The molecule has 2 N–H and O–H groups in total. The third-order valence-corrected chi connectivity index (χ3v) is 5.65. The molecule has 0 aliphatic heterocycles. The molecule has 0 spiro atoms. The molecule has 0 radical (unpaired) electrons. The quantitative estimate of drug-likeness (QED) is 0.279. The van der Waals surface area contributed by atoms with Crippen LogP contribution in [0.1, 0.15) is 18.3 Å². The Labute approximate surface area is 209 Å². The zero-order chi connectivity index (χ0) is 26.1. The Balaban J connectivity index is 1.60. The van der Waals surface area contributed by atoms with Crippen molar-refractivity contribution in [2.45, 2.75) is 31.2 Å². The highest BCUT2D eigenvalue weighted by Gasteiger charge is 2.30. The Hall–Kier alpha value is -3.80. The summed E-state index contributed by atoms with van der Waals surface area (Å²) < 4.78 is 45.6. The van der Waals surface area contributed by atoms with E-state index < -0.39 is 17.6 Å². The number of nitrogens with zero attached hydrogens (tertiary/aromatic N) is 3. The molecule has 2 amide bonds. The Morgan fingerprint density at radius 2 is 1.81 bits per heavy atom. The van der Waals surface area contributed by atoms with Gasteiger partial charge in [-0.15, -0.1) is 16.8 Å². The van der Waals surface area contributed by atoms with E-state index in [-0.39, 0.29) is 23.8 Å². The maximum atomic E-state index is 12.9.